The van der Waals surface area contributed by atoms with Crippen LogP contribution in [-0.4, -0.2) is 32.3 Å². The molecule has 0 bridgehead atoms. The Labute approximate surface area is 106 Å². The summed E-state index contributed by atoms with van der Waals surface area (Å²) >= 11 is 0. The number of anilines is 2. The maximum Gasteiger partial charge on any atom is 0.340 e. The summed E-state index contributed by atoms with van der Waals surface area (Å²) < 4.78 is 9.90. The highest BCUT2D eigenvalue weighted by molar-refractivity contribution is 5.98. The van der Waals surface area contributed by atoms with Gasteiger partial charge in [0.1, 0.15) is 0 Å². The Morgan fingerprint density at radius 3 is 2.72 bits per heavy atom. The van der Waals surface area contributed by atoms with Crippen LogP contribution < -0.4 is 11.1 Å². The van der Waals surface area contributed by atoms with Gasteiger partial charge >= 0.3 is 5.97 Å². The molecule has 1 fully saturated rings. The lowest BCUT2D eigenvalue weighted by molar-refractivity contribution is 0.0329. The Kier molecular flexibility index (Phi) is 3.72. The van der Waals surface area contributed by atoms with Crippen LogP contribution in [-0.2, 0) is 9.47 Å². The summed E-state index contributed by atoms with van der Waals surface area (Å²) in [4.78, 5) is 11.5. The normalized spacial score (nSPS) is 22.1. The van der Waals surface area contributed by atoms with Crippen LogP contribution in [0.2, 0.25) is 0 Å². The largest absolute Gasteiger partial charge is 0.465 e. The van der Waals surface area contributed by atoms with Gasteiger partial charge in [-0.2, -0.15) is 0 Å². The number of benzene rings is 1. The van der Waals surface area contributed by atoms with Crippen LogP contribution in [0.25, 0.3) is 0 Å². The first-order valence-electron chi connectivity index (χ1n) is 5.91. The second-order valence-corrected chi connectivity index (χ2v) is 4.43. The van der Waals surface area contributed by atoms with Crippen molar-refractivity contribution in [3.63, 3.8) is 0 Å². The van der Waals surface area contributed by atoms with Gasteiger partial charge in [0, 0.05) is 13.2 Å². The minimum atomic E-state index is -0.417. The van der Waals surface area contributed by atoms with Crippen molar-refractivity contribution in [1.82, 2.24) is 0 Å². The minimum absolute atomic E-state index is 0.326. The molecule has 1 aromatic carbocycles. The molecule has 0 aromatic heterocycles. The summed E-state index contributed by atoms with van der Waals surface area (Å²) in [5.74, 6) is -0.417. The number of nitrogens with two attached hydrogens (primary N) is 1. The monoisotopic (exact) mass is 250 g/mol. The molecule has 1 aromatic rings. The van der Waals surface area contributed by atoms with Crippen molar-refractivity contribution in [2.75, 3.05) is 25.3 Å². The molecule has 3 N–H and O–H groups in total. The van der Waals surface area contributed by atoms with E-state index in [0.29, 0.717) is 23.4 Å². The van der Waals surface area contributed by atoms with Crippen LogP contribution in [0, 0.1) is 0 Å². The molecule has 0 amide bonds. The number of hydrogen-bond acceptors (Lipinski definition) is 5. The molecule has 1 aliphatic carbocycles. The van der Waals surface area contributed by atoms with E-state index in [1.165, 1.54) is 7.11 Å². The van der Waals surface area contributed by atoms with E-state index < -0.39 is 5.97 Å². The number of carbonyl (C=O) groups is 1. The second-order valence-electron chi connectivity index (χ2n) is 4.43. The molecule has 0 saturated heterocycles. The summed E-state index contributed by atoms with van der Waals surface area (Å²) in [5, 5.41) is 3.32. The predicted octanol–water partition coefficient (Wildman–Crippen LogP) is 1.64. The number of para-hydroxylation sites is 1. The molecule has 5 nitrogen and oxygen atoms in total. The van der Waals surface area contributed by atoms with Gasteiger partial charge in [0.2, 0.25) is 0 Å². The standard InChI is InChI=1S/C13H18N2O3/c1-17-9-6-8(7-9)15-11-5-3-4-10(12(11)14)13(16)18-2/h3-5,8-9,15H,6-7,14H2,1-2H3. The number of rotatable bonds is 4. The van der Waals surface area contributed by atoms with Gasteiger partial charge in [0.15, 0.2) is 0 Å². The molecule has 0 aliphatic heterocycles. The number of nitrogen functional groups attached to an aromatic ring is 1. The first kappa shape index (κ1) is 12.7. The molecule has 98 valence electrons. The highest BCUT2D eigenvalue weighted by atomic mass is 16.5. The van der Waals surface area contributed by atoms with E-state index in [9.17, 15) is 4.79 Å². The number of esters is 1. The summed E-state index contributed by atoms with van der Waals surface area (Å²) in [5.41, 5.74) is 7.56. The Balaban J connectivity index is 2.07. The van der Waals surface area contributed by atoms with Crippen LogP contribution in [0.1, 0.15) is 23.2 Å². The number of carbonyl (C=O) groups excluding carboxylic acids is 1. The molecule has 18 heavy (non-hydrogen) atoms. The quantitative estimate of drug-likeness (QED) is 0.628. The third kappa shape index (κ3) is 2.41. The molecule has 2 rings (SSSR count). The number of nitrogens with one attached hydrogen (secondary N) is 1. The van der Waals surface area contributed by atoms with Crippen molar-refractivity contribution < 1.29 is 14.3 Å². The van der Waals surface area contributed by atoms with Gasteiger partial charge in [0.25, 0.3) is 0 Å². The maximum atomic E-state index is 11.5. The average molecular weight is 250 g/mol. The summed E-state index contributed by atoms with van der Waals surface area (Å²) in [6, 6.07) is 5.66. The molecular formula is C13H18N2O3. The first-order chi connectivity index (χ1) is 8.65. The van der Waals surface area contributed by atoms with Gasteiger partial charge in [-0.1, -0.05) is 6.07 Å². The van der Waals surface area contributed by atoms with E-state index in [1.807, 2.05) is 6.07 Å². The Hall–Kier alpha value is -1.75. The summed E-state index contributed by atoms with van der Waals surface area (Å²) in [6.07, 6.45) is 2.24. The molecule has 0 radical (unpaired) electrons. The van der Waals surface area contributed by atoms with Crippen molar-refractivity contribution in [2.45, 2.75) is 25.0 Å². The van der Waals surface area contributed by atoms with Gasteiger partial charge in [0.05, 0.1) is 30.2 Å². The molecular weight excluding hydrogens is 232 g/mol. The van der Waals surface area contributed by atoms with Gasteiger partial charge in [-0.15, -0.1) is 0 Å². The third-order valence-electron chi connectivity index (χ3n) is 3.30. The van der Waals surface area contributed by atoms with Crippen molar-refractivity contribution in [2.24, 2.45) is 0 Å². The maximum absolute atomic E-state index is 11.5. The SMILES string of the molecule is COC(=O)c1cccc(NC2CC(OC)C2)c1N. The second kappa shape index (κ2) is 5.27. The number of ether oxygens (including phenoxy) is 2. The minimum Gasteiger partial charge on any atom is -0.465 e. The molecule has 0 heterocycles. The molecule has 0 spiro atoms. The predicted molar refractivity (Wildman–Crippen MR) is 69.6 cm³/mol. The van der Waals surface area contributed by atoms with Crippen LogP contribution >= 0.6 is 0 Å². The van der Waals surface area contributed by atoms with E-state index >= 15 is 0 Å². The van der Waals surface area contributed by atoms with Crippen LogP contribution in [0.4, 0.5) is 11.4 Å². The Morgan fingerprint density at radius 1 is 1.39 bits per heavy atom. The fraction of sp³-hybridized carbons (Fsp3) is 0.462. The molecule has 1 saturated carbocycles. The third-order valence-corrected chi connectivity index (χ3v) is 3.30. The highest BCUT2D eigenvalue weighted by Gasteiger charge is 2.29. The van der Waals surface area contributed by atoms with Crippen LogP contribution in [0.15, 0.2) is 18.2 Å². The summed E-state index contributed by atoms with van der Waals surface area (Å²) in [7, 11) is 3.06. The van der Waals surface area contributed by atoms with Crippen LogP contribution in [0.3, 0.4) is 0 Å². The lowest BCUT2D eigenvalue weighted by Gasteiger charge is -2.35. The first-order valence-corrected chi connectivity index (χ1v) is 5.91. The van der Waals surface area contributed by atoms with Crippen molar-refractivity contribution in [1.29, 1.82) is 0 Å². The van der Waals surface area contributed by atoms with Crippen molar-refractivity contribution in [3.8, 4) is 0 Å². The van der Waals surface area contributed by atoms with Crippen molar-refractivity contribution in [3.05, 3.63) is 23.8 Å². The zero-order valence-electron chi connectivity index (χ0n) is 10.6. The highest BCUT2D eigenvalue weighted by Crippen LogP contribution is 2.30. The zero-order chi connectivity index (χ0) is 13.1. The van der Waals surface area contributed by atoms with Gasteiger partial charge in [-0.3, -0.25) is 0 Å². The van der Waals surface area contributed by atoms with Gasteiger partial charge < -0.3 is 20.5 Å². The van der Waals surface area contributed by atoms with Gasteiger partial charge in [-0.05, 0) is 25.0 Å². The number of methoxy groups -OCH3 is 2. The van der Waals surface area contributed by atoms with Crippen LogP contribution in [0.5, 0.6) is 0 Å². The molecule has 5 heteroatoms. The fourth-order valence-electron chi connectivity index (χ4n) is 2.07. The lowest BCUT2D eigenvalue weighted by Crippen LogP contribution is -2.40. The summed E-state index contributed by atoms with van der Waals surface area (Å²) in [6.45, 7) is 0. The Bertz CT molecular complexity index is 442. The Morgan fingerprint density at radius 2 is 2.11 bits per heavy atom. The smallest absolute Gasteiger partial charge is 0.340 e. The van der Waals surface area contributed by atoms with E-state index in [2.05, 4.69) is 10.1 Å². The van der Waals surface area contributed by atoms with E-state index in [1.54, 1.807) is 19.2 Å². The average Bonchev–Trinajstić information content (AvgIpc) is 2.34. The molecule has 0 unspecified atom stereocenters. The van der Waals surface area contributed by atoms with Crippen molar-refractivity contribution >= 4 is 17.3 Å². The van der Waals surface area contributed by atoms with E-state index in [-0.39, 0.29) is 0 Å². The van der Waals surface area contributed by atoms with E-state index in [4.69, 9.17) is 10.5 Å². The fourth-order valence-corrected chi connectivity index (χ4v) is 2.07. The zero-order valence-corrected chi connectivity index (χ0v) is 10.6. The number of hydrogen-bond donors (Lipinski definition) is 2. The molecule has 0 atom stereocenters. The topological polar surface area (TPSA) is 73.6 Å². The van der Waals surface area contributed by atoms with E-state index in [0.717, 1.165) is 18.5 Å². The molecule has 1 aliphatic rings. The van der Waals surface area contributed by atoms with Gasteiger partial charge in [-0.25, -0.2) is 4.79 Å². The lowest BCUT2D eigenvalue weighted by atomic mass is 9.89.